The number of nitrogens with zero attached hydrogens (tertiary/aromatic N) is 1. The molecule has 0 saturated heterocycles. The molecule has 0 radical (unpaired) electrons. The minimum Gasteiger partial charge on any atom is -0.497 e. The van der Waals surface area contributed by atoms with Crippen LogP contribution in [0, 0.1) is 0 Å². The van der Waals surface area contributed by atoms with E-state index in [1.165, 1.54) is 55.6 Å². The van der Waals surface area contributed by atoms with Crippen molar-refractivity contribution in [2.24, 2.45) is 0 Å². The van der Waals surface area contributed by atoms with Gasteiger partial charge >= 0.3 is 0 Å². The Morgan fingerprint density at radius 2 is 1.33 bits per heavy atom. The summed E-state index contributed by atoms with van der Waals surface area (Å²) in [4.78, 5) is 12.9. The van der Waals surface area contributed by atoms with Crippen LogP contribution in [0.2, 0.25) is 0 Å². The average molecular weight is 631 g/mol. The van der Waals surface area contributed by atoms with Gasteiger partial charge in [-0.1, -0.05) is 34.1 Å². The summed E-state index contributed by atoms with van der Waals surface area (Å²) in [7, 11) is -6.48. The van der Waals surface area contributed by atoms with Crippen LogP contribution in [0.15, 0.2) is 117 Å². The lowest BCUT2D eigenvalue weighted by Crippen LogP contribution is -2.38. The molecule has 0 aliphatic heterocycles. The molecule has 2 N–H and O–H groups in total. The molecule has 0 aromatic heterocycles. The lowest BCUT2D eigenvalue weighted by atomic mass is 10.3. The number of nitrogens with one attached hydrogen (secondary N) is 2. The number of carbonyl (C=O) groups is 1. The van der Waals surface area contributed by atoms with Crippen LogP contribution in [-0.4, -0.2) is 36.4 Å². The number of sulfonamides is 2. The molecule has 4 rings (SSSR count). The van der Waals surface area contributed by atoms with E-state index in [-0.39, 0.29) is 9.79 Å². The molecule has 0 aliphatic carbocycles. The number of halogens is 1. The zero-order valence-electron chi connectivity index (χ0n) is 20.6. The first-order valence-corrected chi connectivity index (χ1v) is 15.2. The number of para-hydroxylation sites is 1. The Balaban J connectivity index is 1.51. The number of rotatable bonds is 10. The van der Waals surface area contributed by atoms with Crippen LogP contribution in [-0.2, 0) is 24.8 Å². The fourth-order valence-electron chi connectivity index (χ4n) is 3.56. The normalized spacial score (nSPS) is 11.4. The topological polar surface area (TPSA) is 122 Å². The van der Waals surface area contributed by atoms with Gasteiger partial charge in [-0.05, 0) is 84.9 Å². The summed E-state index contributed by atoms with van der Waals surface area (Å²) < 4.78 is 61.8. The highest BCUT2D eigenvalue weighted by Gasteiger charge is 2.27. The van der Waals surface area contributed by atoms with Crippen molar-refractivity contribution in [2.75, 3.05) is 28.0 Å². The first-order valence-electron chi connectivity index (χ1n) is 11.5. The number of hydrogen-bond donors (Lipinski definition) is 2. The van der Waals surface area contributed by atoms with Gasteiger partial charge in [0, 0.05) is 15.8 Å². The van der Waals surface area contributed by atoms with Crippen LogP contribution in [0.1, 0.15) is 0 Å². The second-order valence-electron chi connectivity index (χ2n) is 8.21. The van der Waals surface area contributed by atoms with E-state index in [0.29, 0.717) is 22.8 Å². The van der Waals surface area contributed by atoms with E-state index < -0.39 is 32.5 Å². The predicted octanol–water partition coefficient (Wildman–Crippen LogP) is 5.09. The second-order valence-corrected chi connectivity index (χ2v) is 12.7. The highest BCUT2D eigenvalue weighted by Crippen LogP contribution is 2.25. The van der Waals surface area contributed by atoms with Crippen LogP contribution in [0.5, 0.6) is 5.75 Å². The van der Waals surface area contributed by atoms with Crippen molar-refractivity contribution in [3.05, 3.63) is 108 Å². The minimum absolute atomic E-state index is 0.00332. The van der Waals surface area contributed by atoms with Crippen molar-refractivity contribution in [1.82, 2.24) is 0 Å². The fourth-order valence-corrected chi connectivity index (χ4v) is 6.31. The standard InChI is InChI=1S/C27H24BrN3O6S2/c1-37-24-13-17-26(18-14-24)39(35,36)31(23-5-3-2-4-6-23)19-27(32)29-21-11-15-25(16-12-21)38(33,34)30-22-9-7-20(28)8-10-22/h2-18,30H,19H2,1H3,(H,29,32). The molecule has 12 heteroatoms. The molecular formula is C27H24BrN3O6S2. The largest absolute Gasteiger partial charge is 0.497 e. The molecule has 202 valence electrons. The first-order chi connectivity index (χ1) is 18.6. The Bertz CT molecular complexity index is 1650. The van der Waals surface area contributed by atoms with Crippen LogP contribution >= 0.6 is 15.9 Å². The molecular weight excluding hydrogens is 606 g/mol. The summed E-state index contributed by atoms with van der Waals surface area (Å²) in [6, 6.07) is 26.3. The Hall–Kier alpha value is -3.87. The quantitative estimate of drug-likeness (QED) is 0.252. The molecule has 0 heterocycles. The molecule has 1 amide bonds. The van der Waals surface area contributed by atoms with Crippen molar-refractivity contribution in [3.63, 3.8) is 0 Å². The van der Waals surface area contributed by atoms with Crippen molar-refractivity contribution in [1.29, 1.82) is 0 Å². The van der Waals surface area contributed by atoms with E-state index in [1.54, 1.807) is 54.6 Å². The van der Waals surface area contributed by atoms with E-state index in [9.17, 15) is 21.6 Å². The minimum atomic E-state index is -4.10. The maximum absolute atomic E-state index is 13.5. The van der Waals surface area contributed by atoms with Crippen LogP contribution in [0.3, 0.4) is 0 Å². The van der Waals surface area contributed by atoms with Crippen molar-refractivity contribution in [2.45, 2.75) is 9.79 Å². The molecule has 0 bridgehead atoms. The summed E-state index contributed by atoms with van der Waals surface area (Å²) in [6.07, 6.45) is 0. The lowest BCUT2D eigenvalue weighted by molar-refractivity contribution is -0.114. The van der Waals surface area contributed by atoms with Gasteiger partial charge in [-0.25, -0.2) is 16.8 Å². The van der Waals surface area contributed by atoms with E-state index in [2.05, 4.69) is 26.0 Å². The third kappa shape index (κ3) is 6.96. The van der Waals surface area contributed by atoms with Crippen molar-refractivity contribution >= 4 is 58.9 Å². The number of benzene rings is 4. The van der Waals surface area contributed by atoms with Gasteiger partial charge in [0.1, 0.15) is 12.3 Å². The molecule has 0 saturated carbocycles. The van der Waals surface area contributed by atoms with Gasteiger partial charge in [-0.15, -0.1) is 0 Å². The molecule has 0 unspecified atom stereocenters. The summed E-state index contributed by atoms with van der Waals surface area (Å²) in [5.41, 5.74) is 1.01. The number of hydrogen-bond acceptors (Lipinski definition) is 6. The van der Waals surface area contributed by atoms with Gasteiger partial charge in [0.05, 0.1) is 22.6 Å². The number of anilines is 3. The van der Waals surface area contributed by atoms with Gasteiger partial charge < -0.3 is 10.1 Å². The van der Waals surface area contributed by atoms with Crippen LogP contribution in [0.25, 0.3) is 0 Å². The molecule has 0 atom stereocenters. The van der Waals surface area contributed by atoms with Crippen molar-refractivity contribution < 1.29 is 26.4 Å². The Morgan fingerprint density at radius 3 is 1.92 bits per heavy atom. The van der Waals surface area contributed by atoms with Gasteiger partial charge in [0.2, 0.25) is 5.91 Å². The number of amides is 1. The van der Waals surface area contributed by atoms with E-state index in [1.807, 2.05) is 0 Å². The highest BCUT2D eigenvalue weighted by atomic mass is 79.9. The monoisotopic (exact) mass is 629 g/mol. The third-order valence-corrected chi connectivity index (χ3v) is 9.24. The summed E-state index contributed by atoms with van der Waals surface area (Å²) in [5.74, 6) is -0.116. The zero-order chi connectivity index (χ0) is 28.0. The van der Waals surface area contributed by atoms with Gasteiger partial charge in [0.25, 0.3) is 20.0 Å². The van der Waals surface area contributed by atoms with Gasteiger partial charge in [0.15, 0.2) is 0 Å². The Labute approximate surface area is 235 Å². The number of methoxy groups -OCH3 is 1. The highest BCUT2D eigenvalue weighted by molar-refractivity contribution is 9.10. The third-order valence-electron chi connectivity index (χ3n) is 5.52. The summed E-state index contributed by atoms with van der Waals surface area (Å²) in [6.45, 7) is -0.510. The summed E-state index contributed by atoms with van der Waals surface area (Å²) >= 11 is 3.30. The number of ether oxygens (including phenoxy) is 1. The molecule has 39 heavy (non-hydrogen) atoms. The number of carbonyl (C=O) groups excluding carboxylic acids is 1. The summed E-state index contributed by atoms with van der Waals surface area (Å²) in [5, 5.41) is 2.63. The average Bonchev–Trinajstić information content (AvgIpc) is 2.93. The zero-order valence-corrected chi connectivity index (χ0v) is 23.8. The lowest BCUT2D eigenvalue weighted by Gasteiger charge is -2.24. The Morgan fingerprint density at radius 1 is 0.769 bits per heavy atom. The smallest absolute Gasteiger partial charge is 0.264 e. The van der Waals surface area contributed by atoms with E-state index in [4.69, 9.17) is 4.74 Å². The molecule has 0 aliphatic rings. The molecule has 4 aromatic carbocycles. The molecule has 0 fully saturated rings. The maximum atomic E-state index is 13.5. The molecule has 4 aromatic rings. The second kappa shape index (κ2) is 11.9. The van der Waals surface area contributed by atoms with Gasteiger partial charge in [-0.3, -0.25) is 13.8 Å². The SMILES string of the molecule is COc1ccc(S(=O)(=O)N(CC(=O)Nc2ccc(S(=O)(=O)Nc3ccc(Br)cc3)cc2)c2ccccc2)cc1. The first kappa shape index (κ1) is 28.1. The maximum Gasteiger partial charge on any atom is 0.264 e. The van der Waals surface area contributed by atoms with Crippen LogP contribution < -0.4 is 19.1 Å². The molecule has 0 spiro atoms. The van der Waals surface area contributed by atoms with E-state index >= 15 is 0 Å². The fraction of sp³-hybridized carbons (Fsp3) is 0.0741. The van der Waals surface area contributed by atoms with Crippen molar-refractivity contribution in [3.8, 4) is 5.75 Å². The Kier molecular flexibility index (Phi) is 8.58. The van der Waals surface area contributed by atoms with Gasteiger partial charge in [-0.2, -0.15) is 0 Å². The molecule has 9 nitrogen and oxygen atoms in total. The van der Waals surface area contributed by atoms with E-state index in [0.717, 1.165) is 8.78 Å². The predicted molar refractivity (Wildman–Crippen MR) is 154 cm³/mol. The van der Waals surface area contributed by atoms with Crippen LogP contribution in [0.4, 0.5) is 17.1 Å².